The minimum absolute atomic E-state index is 0.995. The van der Waals surface area contributed by atoms with Crippen LogP contribution in [0.1, 0.15) is 0 Å². The Morgan fingerprint density at radius 1 is 0.382 bits per heavy atom. The zero-order valence-electron chi connectivity index (χ0n) is 18.3. The van der Waals surface area contributed by atoms with Gasteiger partial charge in [-0.25, -0.2) is 0 Å². The maximum absolute atomic E-state index is 4.78. The second-order valence-electron chi connectivity index (χ2n) is 7.62. The van der Waals surface area contributed by atoms with Gasteiger partial charge in [0, 0.05) is 34.3 Å². The molecule has 5 rings (SSSR count). The Hall–Kier alpha value is -2.50. The van der Waals surface area contributed by atoms with Gasteiger partial charge < -0.3 is 0 Å². The Labute approximate surface area is 219 Å². The SMILES string of the molecule is Sc1cc(-c2ccccc2)ccc1Sc1cccc(Sc2cccc(Sc3ccccc3)c2)c1. The van der Waals surface area contributed by atoms with Crippen LogP contribution in [-0.2, 0) is 0 Å². The summed E-state index contributed by atoms with van der Waals surface area (Å²) in [7, 11) is 0. The monoisotopic (exact) mass is 510 g/mol. The fourth-order valence-electron chi connectivity index (χ4n) is 3.50. The van der Waals surface area contributed by atoms with Gasteiger partial charge in [-0.15, -0.1) is 12.6 Å². The molecule has 0 aromatic heterocycles. The van der Waals surface area contributed by atoms with Gasteiger partial charge in [-0.2, -0.15) is 0 Å². The van der Waals surface area contributed by atoms with Crippen LogP contribution in [0.25, 0.3) is 11.1 Å². The van der Waals surface area contributed by atoms with E-state index in [-0.39, 0.29) is 0 Å². The van der Waals surface area contributed by atoms with E-state index in [2.05, 4.69) is 121 Å². The molecule has 34 heavy (non-hydrogen) atoms. The fourth-order valence-corrected chi connectivity index (χ4v) is 6.72. The van der Waals surface area contributed by atoms with Crippen molar-refractivity contribution >= 4 is 47.9 Å². The molecular formula is C30H22S4. The molecule has 0 unspecified atom stereocenters. The average molecular weight is 511 g/mol. The van der Waals surface area contributed by atoms with Gasteiger partial charge in [-0.3, -0.25) is 0 Å². The molecule has 0 saturated carbocycles. The van der Waals surface area contributed by atoms with E-state index in [9.17, 15) is 0 Å². The highest BCUT2D eigenvalue weighted by molar-refractivity contribution is 8.00. The van der Waals surface area contributed by atoms with Crippen LogP contribution in [0, 0.1) is 0 Å². The molecule has 0 saturated heterocycles. The van der Waals surface area contributed by atoms with E-state index in [1.54, 1.807) is 35.3 Å². The van der Waals surface area contributed by atoms with E-state index in [0.717, 1.165) is 9.79 Å². The molecule has 166 valence electrons. The lowest BCUT2D eigenvalue weighted by atomic mass is 10.1. The summed E-state index contributed by atoms with van der Waals surface area (Å²) in [5, 5.41) is 0. The predicted molar refractivity (Wildman–Crippen MR) is 151 cm³/mol. The zero-order chi connectivity index (χ0) is 23.2. The molecule has 0 aliphatic carbocycles. The molecule has 5 aromatic rings. The molecule has 0 nitrogen and oxygen atoms in total. The van der Waals surface area contributed by atoms with Crippen LogP contribution < -0.4 is 0 Å². The quantitative estimate of drug-likeness (QED) is 0.216. The highest BCUT2D eigenvalue weighted by Gasteiger charge is 2.07. The number of rotatable bonds is 7. The van der Waals surface area contributed by atoms with E-state index in [1.165, 1.54) is 35.6 Å². The molecule has 0 amide bonds. The standard InChI is InChI=1S/C30H22S4/c31-29-19-23(22-9-3-1-4-10-22)17-18-30(29)34-28-16-8-15-27(21-28)33-26-14-7-13-25(20-26)32-24-11-5-2-6-12-24/h1-21,31H. The largest absolute Gasteiger partial charge is 0.142 e. The summed E-state index contributed by atoms with van der Waals surface area (Å²) in [6.45, 7) is 0. The van der Waals surface area contributed by atoms with E-state index in [0.29, 0.717) is 0 Å². The normalized spacial score (nSPS) is 10.9. The summed E-state index contributed by atoms with van der Waals surface area (Å²) in [4.78, 5) is 8.34. The fraction of sp³-hybridized carbons (Fsp3) is 0. The van der Waals surface area contributed by atoms with Gasteiger partial charge in [0.15, 0.2) is 0 Å². The molecule has 0 fully saturated rings. The van der Waals surface area contributed by atoms with Crippen molar-refractivity contribution < 1.29 is 0 Å². The van der Waals surface area contributed by atoms with E-state index in [4.69, 9.17) is 12.6 Å². The third kappa shape index (κ3) is 6.13. The highest BCUT2D eigenvalue weighted by Crippen LogP contribution is 2.38. The molecule has 0 spiro atoms. The van der Waals surface area contributed by atoms with E-state index >= 15 is 0 Å². The smallest absolute Gasteiger partial charge is 0.0256 e. The Kier molecular flexibility index (Phi) is 7.72. The average Bonchev–Trinajstić information content (AvgIpc) is 2.87. The lowest BCUT2D eigenvalue weighted by molar-refractivity contribution is 1.24. The first kappa shape index (κ1) is 23.3. The van der Waals surface area contributed by atoms with Crippen molar-refractivity contribution in [2.75, 3.05) is 0 Å². The van der Waals surface area contributed by atoms with Crippen LogP contribution >= 0.6 is 47.9 Å². The Morgan fingerprint density at radius 3 is 1.47 bits per heavy atom. The number of hydrogen-bond acceptors (Lipinski definition) is 4. The van der Waals surface area contributed by atoms with Crippen molar-refractivity contribution in [1.82, 2.24) is 0 Å². The molecule has 0 bridgehead atoms. The van der Waals surface area contributed by atoms with Crippen LogP contribution in [0.5, 0.6) is 0 Å². The van der Waals surface area contributed by atoms with Crippen molar-refractivity contribution in [3.8, 4) is 11.1 Å². The zero-order valence-corrected chi connectivity index (χ0v) is 21.6. The maximum Gasteiger partial charge on any atom is 0.0256 e. The molecule has 0 atom stereocenters. The summed E-state index contributed by atoms with van der Waals surface area (Å²) in [6.07, 6.45) is 0. The van der Waals surface area contributed by atoms with Gasteiger partial charge in [0.25, 0.3) is 0 Å². The number of thiol groups is 1. The number of benzene rings is 5. The third-order valence-electron chi connectivity index (χ3n) is 5.12. The second-order valence-corrected chi connectivity index (χ2v) is 11.5. The van der Waals surface area contributed by atoms with Gasteiger partial charge in [-0.1, -0.05) is 102 Å². The summed E-state index contributed by atoms with van der Waals surface area (Å²) >= 11 is 10.1. The first-order chi connectivity index (χ1) is 16.7. The molecule has 0 N–H and O–H groups in total. The molecule has 0 aliphatic rings. The summed E-state index contributed by atoms with van der Waals surface area (Å²) in [6, 6.07) is 44.9. The van der Waals surface area contributed by atoms with Gasteiger partial charge in [0.1, 0.15) is 0 Å². The summed E-state index contributed by atoms with van der Waals surface area (Å²) in [5.74, 6) is 0. The van der Waals surface area contributed by atoms with Crippen molar-refractivity contribution in [3.63, 3.8) is 0 Å². The van der Waals surface area contributed by atoms with Gasteiger partial charge in [-0.05, 0) is 71.8 Å². The van der Waals surface area contributed by atoms with Crippen LogP contribution in [0.2, 0.25) is 0 Å². The first-order valence-electron chi connectivity index (χ1n) is 10.9. The topological polar surface area (TPSA) is 0 Å². The maximum atomic E-state index is 4.78. The molecule has 0 aliphatic heterocycles. The van der Waals surface area contributed by atoms with Gasteiger partial charge in [0.2, 0.25) is 0 Å². The number of hydrogen-bond donors (Lipinski definition) is 1. The van der Waals surface area contributed by atoms with E-state index in [1.807, 2.05) is 6.07 Å². The van der Waals surface area contributed by atoms with Crippen LogP contribution in [0.15, 0.2) is 162 Å². The minimum atomic E-state index is 0.995. The highest BCUT2D eigenvalue weighted by atomic mass is 32.2. The minimum Gasteiger partial charge on any atom is -0.142 e. The summed E-state index contributed by atoms with van der Waals surface area (Å²) < 4.78 is 0. The predicted octanol–water partition coefficient (Wildman–Crippen LogP) is 10.1. The van der Waals surface area contributed by atoms with Crippen molar-refractivity contribution in [2.45, 2.75) is 34.3 Å². The lowest BCUT2D eigenvalue weighted by Gasteiger charge is -2.10. The second kappa shape index (κ2) is 11.3. The van der Waals surface area contributed by atoms with Crippen LogP contribution in [0.4, 0.5) is 0 Å². The first-order valence-corrected chi connectivity index (χ1v) is 13.8. The molecular weight excluding hydrogens is 489 g/mol. The Bertz CT molecular complexity index is 1380. The van der Waals surface area contributed by atoms with Gasteiger partial charge in [0.05, 0.1) is 0 Å². The van der Waals surface area contributed by atoms with Crippen molar-refractivity contribution in [2.24, 2.45) is 0 Å². The molecule has 0 heterocycles. The Morgan fingerprint density at radius 2 is 0.882 bits per heavy atom. The molecule has 0 radical (unpaired) electrons. The van der Waals surface area contributed by atoms with Crippen LogP contribution in [-0.4, -0.2) is 0 Å². The third-order valence-corrected chi connectivity index (χ3v) is 8.68. The van der Waals surface area contributed by atoms with Crippen LogP contribution in [0.3, 0.4) is 0 Å². The van der Waals surface area contributed by atoms with Crippen molar-refractivity contribution in [3.05, 3.63) is 127 Å². The summed E-state index contributed by atoms with van der Waals surface area (Å²) in [5.41, 5.74) is 2.40. The van der Waals surface area contributed by atoms with Gasteiger partial charge >= 0.3 is 0 Å². The van der Waals surface area contributed by atoms with Crippen molar-refractivity contribution in [1.29, 1.82) is 0 Å². The molecule has 5 aromatic carbocycles. The van der Waals surface area contributed by atoms with E-state index < -0.39 is 0 Å². The lowest BCUT2D eigenvalue weighted by Crippen LogP contribution is -1.82. The molecule has 4 heteroatoms. The Balaban J connectivity index is 1.29.